The number of nitriles is 1. The van der Waals surface area contributed by atoms with E-state index in [-0.39, 0.29) is 42.7 Å². The molecule has 1 saturated heterocycles. The number of carbonyl (C=O) groups excluding carboxylic acids is 2. The van der Waals surface area contributed by atoms with Crippen LogP contribution >= 0.6 is 0 Å². The average molecular weight is 447 g/mol. The van der Waals surface area contributed by atoms with E-state index in [9.17, 15) is 28.0 Å². The summed E-state index contributed by atoms with van der Waals surface area (Å²) in [4.78, 5) is 26.6. The number of hydrogen-bond acceptors (Lipinski definition) is 6. The summed E-state index contributed by atoms with van der Waals surface area (Å²) in [5, 5.41) is 11.8. The highest BCUT2D eigenvalue weighted by molar-refractivity contribution is 6.03. The Kier molecular flexibility index (Phi) is 5.52. The quantitative estimate of drug-likeness (QED) is 0.756. The molecule has 32 heavy (non-hydrogen) atoms. The number of anilines is 2. The topological polar surface area (TPSA) is 101 Å². The lowest BCUT2D eigenvalue weighted by molar-refractivity contribution is -0.153. The van der Waals surface area contributed by atoms with E-state index < -0.39 is 24.6 Å². The summed E-state index contributed by atoms with van der Waals surface area (Å²) >= 11 is 0. The van der Waals surface area contributed by atoms with Crippen molar-refractivity contribution in [2.45, 2.75) is 12.6 Å². The molecule has 2 heterocycles. The zero-order chi connectivity index (χ0) is 22.9. The highest BCUT2D eigenvalue weighted by Crippen LogP contribution is 2.37. The lowest BCUT2D eigenvalue weighted by Gasteiger charge is -2.17. The summed E-state index contributed by atoms with van der Waals surface area (Å²) in [5.41, 5.74) is 0.629. The van der Waals surface area contributed by atoms with Crippen LogP contribution in [-0.2, 0) is 9.59 Å². The van der Waals surface area contributed by atoms with Gasteiger partial charge in [-0.3, -0.25) is 9.59 Å². The molecule has 2 amide bonds. The average Bonchev–Trinajstić information content (AvgIpc) is 3.37. The van der Waals surface area contributed by atoms with Crippen LogP contribution in [0.1, 0.15) is 12.0 Å². The number of ether oxygens (including phenoxy) is 3. The third-order valence-corrected chi connectivity index (χ3v) is 4.92. The van der Waals surface area contributed by atoms with E-state index in [1.54, 1.807) is 24.3 Å². The normalized spacial score (nSPS) is 17.2. The Morgan fingerprint density at radius 1 is 1.22 bits per heavy atom. The van der Waals surface area contributed by atoms with Crippen molar-refractivity contribution in [1.29, 1.82) is 5.26 Å². The molecule has 2 aromatic carbocycles. The van der Waals surface area contributed by atoms with Gasteiger partial charge in [-0.25, -0.2) is 0 Å². The number of hydrogen-bond donors (Lipinski definition) is 1. The predicted molar refractivity (Wildman–Crippen MR) is 104 cm³/mol. The standard InChI is InChI=1S/C21H16F3N3O5/c22-21(23,24)10-30-16-3-1-14(5-12(16)8-25)26-20(29)13-6-19(28)27(9-13)15-2-4-17-18(7-15)32-11-31-17/h1-5,7,13H,6,9-11H2,(H,26,29). The number of benzene rings is 2. The molecule has 11 heteroatoms. The van der Waals surface area contributed by atoms with Crippen molar-refractivity contribution in [3.8, 4) is 23.3 Å². The molecule has 2 aliphatic heterocycles. The molecule has 1 fully saturated rings. The van der Waals surface area contributed by atoms with Crippen molar-refractivity contribution in [3.05, 3.63) is 42.0 Å². The van der Waals surface area contributed by atoms with Crippen LogP contribution in [0.2, 0.25) is 0 Å². The first-order valence-electron chi connectivity index (χ1n) is 9.48. The molecule has 4 rings (SSSR count). The van der Waals surface area contributed by atoms with Crippen molar-refractivity contribution in [2.75, 3.05) is 30.2 Å². The summed E-state index contributed by atoms with van der Waals surface area (Å²) < 4.78 is 52.2. The number of halogens is 3. The van der Waals surface area contributed by atoms with Crippen molar-refractivity contribution >= 4 is 23.2 Å². The summed E-state index contributed by atoms with van der Waals surface area (Å²) in [6, 6.07) is 10.5. The van der Waals surface area contributed by atoms with E-state index in [1.165, 1.54) is 23.1 Å². The number of nitrogens with zero attached hydrogens (tertiary/aromatic N) is 2. The van der Waals surface area contributed by atoms with Crippen LogP contribution in [0.5, 0.6) is 17.2 Å². The molecule has 1 N–H and O–H groups in total. The molecule has 1 unspecified atom stereocenters. The maximum Gasteiger partial charge on any atom is 0.422 e. The van der Waals surface area contributed by atoms with Crippen LogP contribution in [0.15, 0.2) is 36.4 Å². The SMILES string of the molecule is N#Cc1cc(NC(=O)C2CC(=O)N(c3ccc4c(c3)OCO4)C2)ccc1OCC(F)(F)F. The number of carbonyl (C=O) groups is 2. The first-order valence-corrected chi connectivity index (χ1v) is 9.48. The molecule has 0 aromatic heterocycles. The molecular formula is C21H16F3N3O5. The minimum absolute atomic E-state index is 0.0157. The molecule has 166 valence electrons. The Morgan fingerprint density at radius 2 is 2.00 bits per heavy atom. The molecule has 8 nitrogen and oxygen atoms in total. The third kappa shape index (κ3) is 4.54. The third-order valence-electron chi connectivity index (χ3n) is 4.92. The van der Waals surface area contributed by atoms with Crippen LogP contribution in [0, 0.1) is 17.2 Å². The maximum atomic E-state index is 12.7. The fourth-order valence-corrected chi connectivity index (χ4v) is 3.41. The second-order valence-corrected chi connectivity index (χ2v) is 7.16. The highest BCUT2D eigenvalue weighted by Gasteiger charge is 2.36. The van der Waals surface area contributed by atoms with Gasteiger partial charge in [-0.05, 0) is 30.3 Å². The van der Waals surface area contributed by atoms with Crippen molar-refractivity contribution in [3.63, 3.8) is 0 Å². The smallest absolute Gasteiger partial charge is 0.422 e. The number of amides is 2. The Bertz CT molecular complexity index is 1110. The Hall–Kier alpha value is -3.94. The van der Waals surface area contributed by atoms with Gasteiger partial charge in [-0.2, -0.15) is 18.4 Å². The summed E-state index contributed by atoms with van der Waals surface area (Å²) in [6.45, 7) is -1.29. The van der Waals surface area contributed by atoms with E-state index in [1.807, 2.05) is 0 Å². The van der Waals surface area contributed by atoms with Gasteiger partial charge in [-0.15, -0.1) is 0 Å². The monoisotopic (exact) mass is 447 g/mol. The minimum atomic E-state index is -4.54. The second kappa shape index (κ2) is 8.30. The second-order valence-electron chi connectivity index (χ2n) is 7.16. The number of nitrogens with one attached hydrogen (secondary N) is 1. The molecule has 2 aromatic rings. The highest BCUT2D eigenvalue weighted by atomic mass is 19.4. The van der Waals surface area contributed by atoms with Gasteiger partial charge in [-0.1, -0.05) is 0 Å². The van der Waals surface area contributed by atoms with Crippen molar-refractivity contribution in [2.24, 2.45) is 5.92 Å². The van der Waals surface area contributed by atoms with Crippen molar-refractivity contribution in [1.82, 2.24) is 0 Å². The Morgan fingerprint density at radius 3 is 2.75 bits per heavy atom. The zero-order valence-corrected chi connectivity index (χ0v) is 16.4. The Balaban J connectivity index is 1.42. The molecule has 0 aliphatic carbocycles. The van der Waals surface area contributed by atoms with Crippen LogP contribution in [0.25, 0.3) is 0 Å². The van der Waals surface area contributed by atoms with Gasteiger partial charge in [0.15, 0.2) is 18.1 Å². The van der Waals surface area contributed by atoms with Gasteiger partial charge in [0.05, 0.1) is 11.5 Å². The molecule has 0 bridgehead atoms. The zero-order valence-electron chi connectivity index (χ0n) is 16.4. The lowest BCUT2D eigenvalue weighted by atomic mass is 10.1. The van der Waals surface area contributed by atoms with E-state index >= 15 is 0 Å². The van der Waals surface area contributed by atoms with Crippen LogP contribution in [0.3, 0.4) is 0 Å². The van der Waals surface area contributed by atoms with Gasteiger partial charge in [0.25, 0.3) is 0 Å². The van der Waals surface area contributed by atoms with Gasteiger partial charge >= 0.3 is 6.18 Å². The molecule has 0 saturated carbocycles. The first-order chi connectivity index (χ1) is 15.2. The van der Waals surface area contributed by atoms with E-state index in [4.69, 9.17) is 9.47 Å². The maximum absolute atomic E-state index is 12.7. The van der Waals surface area contributed by atoms with Gasteiger partial charge in [0.1, 0.15) is 11.8 Å². The summed E-state index contributed by atoms with van der Waals surface area (Å²) in [5.74, 6) is -0.495. The van der Waals surface area contributed by atoms with E-state index in [0.29, 0.717) is 17.2 Å². The molecule has 0 spiro atoms. The van der Waals surface area contributed by atoms with Gasteiger partial charge < -0.3 is 24.4 Å². The number of fused-ring (bicyclic) bond motifs is 1. The lowest BCUT2D eigenvalue weighted by Crippen LogP contribution is -2.28. The fraction of sp³-hybridized carbons (Fsp3) is 0.286. The largest absolute Gasteiger partial charge is 0.483 e. The fourth-order valence-electron chi connectivity index (χ4n) is 3.41. The Labute approximate surface area is 180 Å². The predicted octanol–water partition coefficient (Wildman–Crippen LogP) is 3.22. The summed E-state index contributed by atoms with van der Waals surface area (Å²) in [7, 11) is 0. The minimum Gasteiger partial charge on any atom is -0.483 e. The molecule has 2 aliphatic rings. The van der Waals surface area contributed by atoms with Crippen LogP contribution in [0.4, 0.5) is 24.5 Å². The van der Waals surface area contributed by atoms with Crippen LogP contribution < -0.4 is 24.4 Å². The number of rotatable bonds is 5. The molecule has 1 atom stereocenters. The number of alkyl halides is 3. The van der Waals surface area contributed by atoms with E-state index in [2.05, 4.69) is 10.1 Å². The van der Waals surface area contributed by atoms with Gasteiger partial charge in [0, 0.05) is 30.4 Å². The molecular weight excluding hydrogens is 431 g/mol. The first kappa shape index (κ1) is 21.3. The van der Waals surface area contributed by atoms with Gasteiger partial charge in [0.2, 0.25) is 18.6 Å². The summed E-state index contributed by atoms with van der Waals surface area (Å²) in [6.07, 6.45) is -4.56. The van der Waals surface area contributed by atoms with Crippen LogP contribution in [-0.4, -0.2) is 37.9 Å². The van der Waals surface area contributed by atoms with E-state index in [0.717, 1.165) is 0 Å². The van der Waals surface area contributed by atoms with Crippen molar-refractivity contribution < 1.29 is 37.0 Å². The molecule has 0 radical (unpaired) electrons.